The van der Waals surface area contributed by atoms with Crippen molar-refractivity contribution in [2.24, 2.45) is 17.3 Å². The predicted molar refractivity (Wildman–Crippen MR) is 107 cm³/mol. The largest absolute Gasteiger partial charge is 0.508 e. The molecule has 0 radical (unpaired) electrons. The minimum atomic E-state index is -0.388. The van der Waals surface area contributed by atoms with Crippen LogP contribution in [0.4, 0.5) is 0 Å². The summed E-state index contributed by atoms with van der Waals surface area (Å²) in [6.45, 7) is 2.10. The molecule has 3 aliphatic carbocycles. The number of pyridine rings is 1. The molecule has 0 aliphatic heterocycles. The molecule has 2 saturated carbocycles. The molecular weight excluding hydrogens is 350 g/mol. The molecule has 0 unspecified atom stereocenters. The van der Waals surface area contributed by atoms with E-state index in [1.54, 1.807) is 30.6 Å². The Labute approximate surface area is 164 Å². The minimum Gasteiger partial charge on any atom is -0.508 e. The van der Waals surface area contributed by atoms with E-state index in [0.717, 1.165) is 25.7 Å². The van der Waals surface area contributed by atoms with Gasteiger partial charge in [0.15, 0.2) is 5.78 Å². The molecule has 2 aromatic rings. The Morgan fingerprint density at radius 3 is 2.89 bits per heavy atom. The zero-order valence-electron chi connectivity index (χ0n) is 16.1. The number of aromatic nitrogens is 1. The zero-order valence-corrected chi connectivity index (χ0v) is 16.1. The first-order chi connectivity index (χ1) is 13.5. The number of phenols is 1. The normalized spacial score (nSPS) is 33.0. The second-order valence-electron chi connectivity index (χ2n) is 8.86. The number of benzene rings is 1. The van der Waals surface area contributed by atoms with Gasteiger partial charge in [-0.2, -0.15) is 0 Å². The minimum absolute atomic E-state index is 0.103. The number of aliphatic hydroxyl groups is 1. The van der Waals surface area contributed by atoms with E-state index >= 15 is 0 Å². The maximum atomic E-state index is 13.4. The number of rotatable bonds is 1. The average Bonchev–Trinajstić information content (AvgIpc) is 2.99. The summed E-state index contributed by atoms with van der Waals surface area (Å²) in [5.74, 6) is 1.70. The summed E-state index contributed by atoms with van der Waals surface area (Å²) in [6, 6.07) is 9.35. The van der Waals surface area contributed by atoms with E-state index < -0.39 is 0 Å². The van der Waals surface area contributed by atoms with E-state index in [0.29, 0.717) is 35.1 Å². The number of aliphatic hydroxyl groups excluding tert-OH is 1. The highest BCUT2D eigenvalue weighted by molar-refractivity contribution is 6.07. The topological polar surface area (TPSA) is 70.4 Å². The van der Waals surface area contributed by atoms with Gasteiger partial charge in [-0.05, 0) is 85.3 Å². The fraction of sp³-hybridized carbons (Fsp3) is 0.417. The maximum Gasteiger partial charge on any atom is 0.168 e. The number of ketones is 1. The van der Waals surface area contributed by atoms with Gasteiger partial charge < -0.3 is 10.2 Å². The first-order valence-electron chi connectivity index (χ1n) is 10.2. The fourth-order valence-corrected chi connectivity index (χ4v) is 6.09. The highest BCUT2D eigenvalue weighted by Gasteiger charge is 2.57. The summed E-state index contributed by atoms with van der Waals surface area (Å²) in [5, 5.41) is 20.7. The van der Waals surface area contributed by atoms with Crippen LogP contribution in [0.1, 0.15) is 55.2 Å². The Balaban J connectivity index is 1.53. The molecule has 0 amide bonds. The van der Waals surface area contributed by atoms with Crippen molar-refractivity contribution < 1.29 is 15.0 Å². The van der Waals surface area contributed by atoms with Crippen LogP contribution >= 0.6 is 0 Å². The molecule has 1 heterocycles. The van der Waals surface area contributed by atoms with Crippen molar-refractivity contribution in [3.63, 3.8) is 0 Å². The van der Waals surface area contributed by atoms with Crippen molar-refractivity contribution in [3.05, 3.63) is 65.0 Å². The summed E-state index contributed by atoms with van der Waals surface area (Å²) >= 11 is 0. The van der Waals surface area contributed by atoms with Crippen molar-refractivity contribution in [2.75, 3.05) is 0 Å². The molecule has 0 saturated heterocycles. The van der Waals surface area contributed by atoms with Crippen molar-refractivity contribution >= 4 is 11.5 Å². The summed E-state index contributed by atoms with van der Waals surface area (Å²) in [5.41, 5.74) is 3.41. The lowest BCUT2D eigenvalue weighted by molar-refractivity contribution is -0.127. The monoisotopic (exact) mass is 375 g/mol. The Kier molecular flexibility index (Phi) is 3.87. The summed E-state index contributed by atoms with van der Waals surface area (Å²) in [4.78, 5) is 17.5. The quantitative estimate of drug-likeness (QED) is 0.555. The number of allylic oxidation sites excluding steroid dienone is 1. The summed E-state index contributed by atoms with van der Waals surface area (Å²) in [6.07, 6.45) is 7.75. The molecule has 4 nitrogen and oxygen atoms in total. The maximum absolute atomic E-state index is 13.4. The summed E-state index contributed by atoms with van der Waals surface area (Å²) in [7, 11) is 0. The molecule has 0 spiro atoms. The number of fused-ring (bicyclic) bond motifs is 5. The van der Waals surface area contributed by atoms with E-state index in [1.165, 1.54) is 11.1 Å². The molecule has 0 bridgehead atoms. The van der Waals surface area contributed by atoms with Gasteiger partial charge in [0.25, 0.3) is 0 Å². The molecule has 1 aromatic heterocycles. The number of aryl methyl sites for hydroxylation is 1. The standard InChI is InChI=1S/C24H25NO3/c1-24-9-8-18-17-7-5-16(26)11-14(17)4-6-19(18)21(24)12-20(23(24)28)22(27)15-3-2-10-25-13-15/h2-3,5,7,10-11,13,18-19,21,26-27H,4,6,8-9,12H2,1H3/b22-20-/t18-,19-,21+,24+/m1/s1. The van der Waals surface area contributed by atoms with Gasteiger partial charge in [-0.3, -0.25) is 9.78 Å². The average molecular weight is 375 g/mol. The molecule has 2 N–H and O–H groups in total. The highest BCUT2D eigenvalue weighted by atomic mass is 16.3. The number of hydrogen-bond acceptors (Lipinski definition) is 4. The van der Waals surface area contributed by atoms with Crippen LogP contribution in [0.3, 0.4) is 0 Å². The van der Waals surface area contributed by atoms with Crippen LogP contribution < -0.4 is 0 Å². The number of carbonyl (C=O) groups is 1. The van der Waals surface area contributed by atoms with E-state index in [9.17, 15) is 15.0 Å². The SMILES string of the molecule is C[C@]12CC[C@@H]3c4ccc(O)cc4CC[C@H]3[C@@H]1C/C(=C(/O)c1cccnc1)C2=O. The lowest BCUT2D eigenvalue weighted by atomic mass is 9.55. The van der Waals surface area contributed by atoms with E-state index in [-0.39, 0.29) is 22.9 Å². The van der Waals surface area contributed by atoms with Gasteiger partial charge in [0.1, 0.15) is 11.5 Å². The van der Waals surface area contributed by atoms with E-state index in [1.807, 2.05) is 6.07 Å². The molecule has 144 valence electrons. The van der Waals surface area contributed by atoms with Gasteiger partial charge >= 0.3 is 0 Å². The van der Waals surface area contributed by atoms with Crippen molar-refractivity contribution in [2.45, 2.75) is 44.9 Å². The number of aromatic hydroxyl groups is 1. The fourth-order valence-electron chi connectivity index (χ4n) is 6.09. The van der Waals surface area contributed by atoms with Crippen molar-refractivity contribution in [1.29, 1.82) is 0 Å². The molecule has 4 atom stereocenters. The lowest BCUT2D eigenvalue weighted by Crippen LogP contribution is -2.42. The van der Waals surface area contributed by atoms with Gasteiger partial charge in [0.2, 0.25) is 0 Å². The zero-order chi connectivity index (χ0) is 19.5. The number of hydrogen-bond donors (Lipinski definition) is 2. The second-order valence-corrected chi connectivity index (χ2v) is 8.86. The third-order valence-corrected chi connectivity index (χ3v) is 7.54. The van der Waals surface area contributed by atoms with Crippen molar-refractivity contribution in [1.82, 2.24) is 4.98 Å². The second kappa shape index (κ2) is 6.20. The molecule has 3 aliphatic rings. The number of phenolic OH excluding ortho intramolecular Hbond substituents is 1. The first kappa shape index (κ1) is 17.5. The Morgan fingerprint density at radius 1 is 1.25 bits per heavy atom. The number of carbonyl (C=O) groups excluding carboxylic acids is 1. The van der Waals surface area contributed by atoms with Crippen LogP contribution in [0.2, 0.25) is 0 Å². The van der Waals surface area contributed by atoms with Crippen LogP contribution in [0.15, 0.2) is 48.3 Å². The smallest absolute Gasteiger partial charge is 0.168 e. The third kappa shape index (κ3) is 2.43. The van der Waals surface area contributed by atoms with Crippen LogP contribution in [0.25, 0.3) is 5.76 Å². The molecular formula is C24H25NO3. The van der Waals surface area contributed by atoms with Crippen molar-refractivity contribution in [3.8, 4) is 5.75 Å². The first-order valence-corrected chi connectivity index (χ1v) is 10.2. The highest BCUT2D eigenvalue weighted by Crippen LogP contribution is 2.61. The lowest BCUT2D eigenvalue weighted by Gasteiger charge is -2.48. The predicted octanol–water partition coefficient (Wildman–Crippen LogP) is 4.79. The van der Waals surface area contributed by atoms with Crippen LogP contribution in [-0.2, 0) is 11.2 Å². The molecule has 5 rings (SSSR count). The van der Waals surface area contributed by atoms with Gasteiger partial charge in [0, 0.05) is 28.9 Å². The Hall–Kier alpha value is -2.62. The van der Waals surface area contributed by atoms with Crippen LogP contribution in [-0.4, -0.2) is 21.0 Å². The summed E-state index contributed by atoms with van der Waals surface area (Å²) < 4.78 is 0. The molecule has 1 aromatic carbocycles. The number of Topliss-reactive ketones (excluding diaryl/α,β-unsaturated/α-hetero) is 1. The van der Waals surface area contributed by atoms with E-state index in [2.05, 4.69) is 18.0 Å². The van der Waals surface area contributed by atoms with Gasteiger partial charge in [0.05, 0.1) is 0 Å². The Morgan fingerprint density at radius 2 is 2.11 bits per heavy atom. The molecule has 4 heteroatoms. The van der Waals surface area contributed by atoms with E-state index in [4.69, 9.17) is 0 Å². The van der Waals surface area contributed by atoms with Crippen LogP contribution in [0, 0.1) is 17.3 Å². The molecule has 2 fully saturated rings. The third-order valence-electron chi connectivity index (χ3n) is 7.54. The molecule has 28 heavy (non-hydrogen) atoms. The van der Waals surface area contributed by atoms with Gasteiger partial charge in [-0.15, -0.1) is 0 Å². The van der Waals surface area contributed by atoms with Crippen LogP contribution in [0.5, 0.6) is 5.75 Å². The number of nitrogens with zero attached hydrogens (tertiary/aromatic N) is 1. The Bertz CT molecular complexity index is 981. The van der Waals surface area contributed by atoms with Gasteiger partial charge in [-0.1, -0.05) is 13.0 Å². The van der Waals surface area contributed by atoms with Gasteiger partial charge in [-0.25, -0.2) is 0 Å².